The van der Waals surface area contributed by atoms with Crippen LogP contribution in [0.5, 0.6) is 0 Å². The summed E-state index contributed by atoms with van der Waals surface area (Å²) in [6.07, 6.45) is 0.514. The smallest absolute Gasteiger partial charge is 0.310 e. The largest absolute Gasteiger partial charge is 0.469 e. The number of methoxy groups -OCH3 is 1. The summed E-state index contributed by atoms with van der Waals surface area (Å²) < 4.78 is 4.81. The van der Waals surface area contributed by atoms with Crippen molar-refractivity contribution < 1.29 is 14.3 Å². The summed E-state index contributed by atoms with van der Waals surface area (Å²) >= 11 is 0. The number of carbonyl (C=O) groups is 2. The van der Waals surface area contributed by atoms with Gasteiger partial charge in [-0.1, -0.05) is 29.8 Å². The van der Waals surface area contributed by atoms with Gasteiger partial charge in [0.15, 0.2) is 0 Å². The van der Waals surface area contributed by atoms with Crippen molar-refractivity contribution in [2.45, 2.75) is 32.7 Å². The van der Waals surface area contributed by atoms with Crippen molar-refractivity contribution in [2.75, 3.05) is 13.7 Å². The number of nitrogens with one attached hydrogen (secondary N) is 1. The van der Waals surface area contributed by atoms with Crippen molar-refractivity contribution in [3.8, 4) is 0 Å². The SMILES string of the molecule is COC(=O)C(CNC(=O)C(C)(C)N)Cc1cccc(C)c1.Cl. The Morgan fingerprint density at radius 1 is 1.36 bits per heavy atom. The molecule has 1 unspecified atom stereocenters. The Morgan fingerprint density at radius 3 is 2.50 bits per heavy atom. The van der Waals surface area contributed by atoms with Gasteiger partial charge in [-0.15, -0.1) is 12.4 Å². The molecule has 1 aromatic rings. The second-order valence-electron chi connectivity index (χ2n) is 5.84. The third-order valence-corrected chi connectivity index (χ3v) is 3.19. The van der Waals surface area contributed by atoms with E-state index in [2.05, 4.69) is 5.32 Å². The van der Waals surface area contributed by atoms with Crippen molar-refractivity contribution >= 4 is 24.3 Å². The molecule has 0 aromatic heterocycles. The fourth-order valence-electron chi connectivity index (χ4n) is 1.97. The van der Waals surface area contributed by atoms with Gasteiger partial charge in [-0.3, -0.25) is 9.59 Å². The molecule has 0 heterocycles. The van der Waals surface area contributed by atoms with Gasteiger partial charge in [0, 0.05) is 6.54 Å². The number of hydrogen-bond donors (Lipinski definition) is 2. The molecule has 1 rings (SSSR count). The average molecular weight is 329 g/mol. The van der Waals surface area contributed by atoms with Crippen molar-refractivity contribution in [3.63, 3.8) is 0 Å². The van der Waals surface area contributed by atoms with E-state index in [0.29, 0.717) is 6.42 Å². The predicted octanol–water partition coefficient (Wildman–Crippen LogP) is 1.60. The molecule has 6 heteroatoms. The predicted molar refractivity (Wildman–Crippen MR) is 88.9 cm³/mol. The van der Waals surface area contributed by atoms with E-state index >= 15 is 0 Å². The molecule has 22 heavy (non-hydrogen) atoms. The van der Waals surface area contributed by atoms with Crippen LogP contribution in [-0.4, -0.2) is 31.1 Å². The second kappa shape index (κ2) is 8.76. The second-order valence-corrected chi connectivity index (χ2v) is 5.84. The highest BCUT2D eigenvalue weighted by Gasteiger charge is 2.25. The first-order valence-electron chi connectivity index (χ1n) is 6.94. The standard InChI is InChI=1S/C16H24N2O3.ClH/c1-11-6-5-7-12(8-11)9-13(14(19)21-4)10-18-15(20)16(2,3)17;/h5-8,13H,9-10,17H2,1-4H3,(H,18,20);1H. The van der Waals surface area contributed by atoms with Gasteiger partial charge in [0.05, 0.1) is 18.6 Å². The van der Waals surface area contributed by atoms with Crippen molar-refractivity contribution in [3.05, 3.63) is 35.4 Å². The Balaban J connectivity index is 0.00000441. The topological polar surface area (TPSA) is 81.4 Å². The number of nitrogens with two attached hydrogens (primary N) is 1. The minimum atomic E-state index is -0.968. The van der Waals surface area contributed by atoms with E-state index in [1.54, 1.807) is 13.8 Å². The molecule has 0 saturated carbocycles. The molecule has 0 aliphatic carbocycles. The fraction of sp³-hybridized carbons (Fsp3) is 0.500. The third-order valence-electron chi connectivity index (χ3n) is 3.19. The van der Waals surface area contributed by atoms with Crippen LogP contribution in [0.15, 0.2) is 24.3 Å². The lowest BCUT2D eigenvalue weighted by atomic mass is 9.97. The number of aryl methyl sites for hydroxylation is 1. The molecular weight excluding hydrogens is 304 g/mol. The number of hydrogen-bond acceptors (Lipinski definition) is 4. The van der Waals surface area contributed by atoms with Crippen molar-refractivity contribution in [2.24, 2.45) is 11.7 Å². The molecule has 0 spiro atoms. The van der Waals surface area contributed by atoms with E-state index in [1.807, 2.05) is 31.2 Å². The van der Waals surface area contributed by atoms with Crippen LogP contribution in [0.4, 0.5) is 0 Å². The number of benzene rings is 1. The van der Waals surface area contributed by atoms with Gasteiger partial charge < -0.3 is 15.8 Å². The van der Waals surface area contributed by atoms with Crippen molar-refractivity contribution in [1.29, 1.82) is 0 Å². The average Bonchev–Trinajstić information content (AvgIpc) is 2.41. The molecule has 0 radical (unpaired) electrons. The molecule has 0 saturated heterocycles. The molecule has 0 aliphatic rings. The van der Waals surface area contributed by atoms with E-state index in [-0.39, 0.29) is 30.8 Å². The molecule has 1 amide bonds. The number of amides is 1. The first kappa shape index (κ1) is 20.4. The zero-order valence-electron chi connectivity index (χ0n) is 13.5. The Morgan fingerprint density at radius 2 is 2.00 bits per heavy atom. The number of esters is 1. The highest BCUT2D eigenvalue weighted by molar-refractivity contribution is 5.86. The zero-order valence-corrected chi connectivity index (χ0v) is 14.3. The fourth-order valence-corrected chi connectivity index (χ4v) is 1.97. The molecule has 124 valence electrons. The van der Waals surface area contributed by atoms with Crippen LogP contribution in [0.3, 0.4) is 0 Å². The van der Waals surface area contributed by atoms with Crippen LogP contribution in [-0.2, 0) is 20.7 Å². The van der Waals surface area contributed by atoms with E-state index in [0.717, 1.165) is 11.1 Å². The van der Waals surface area contributed by atoms with Crippen LogP contribution in [0.25, 0.3) is 0 Å². The summed E-state index contributed by atoms with van der Waals surface area (Å²) in [5.41, 5.74) is 6.91. The molecule has 0 fully saturated rings. The quantitative estimate of drug-likeness (QED) is 0.777. The third kappa shape index (κ3) is 6.45. The van der Waals surface area contributed by atoms with Gasteiger partial charge in [-0.05, 0) is 32.8 Å². The Hall–Kier alpha value is -1.59. The summed E-state index contributed by atoms with van der Waals surface area (Å²) in [6.45, 7) is 5.45. The zero-order chi connectivity index (χ0) is 16.0. The van der Waals surface area contributed by atoms with Gasteiger partial charge in [0.1, 0.15) is 0 Å². The maximum Gasteiger partial charge on any atom is 0.310 e. The summed E-state index contributed by atoms with van der Waals surface area (Å²) in [4.78, 5) is 23.7. The van der Waals surface area contributed by atoms with Gasteiger partial charge in [0.2, 0.25) is 5.91 Å². The molecule has 3 N–H and O–H groups in total. The van der Waals surface area contributed by atoms with Gasteiger partial charge >= 0.3 is 5.97 Å². The first-order valence-corrected chi connectivity index (χ1v) is 6.94. The van der Waals surface area contributed by atoms with E-state index in [1.165, 1.54) is 7.11 Å². The first-order chi connectivity index (χ1) is 9.74. The minimum absolute atomic E-state index is 0. The summed E-state index contributed by atoms with van der Waals surface area (Å²) in [5, 5.41) is 2.71. The minimum Gasteiger partial charge on any atom is -0.469 e. The van der Waals surface area contributed by atoms with Gasteiger partial charge in [-0.25, -0.2) is 0 Å². The van der Waals surface area contributed by atoms with E-state index < -0.39 is 11.5 Å². The lowest BCUT2D eigenvalue weighted by Crippen LogP contribution is -2.50. The van der Waals surface area contributed by atoms with E-state index in [4.69, 9.17) is 10.5 Å². The van der Waals surface area contributed by atoms with Crippen LogP contribution in [0.2, 0.25) is 0 Å². The highest BCUT2D eigenvalue weighted by Crippen LogP contribution is 2.12. The van der Waals surface area contributed by atoms with Crippen LogP contribution >= 0.6 is 12.4 Å². The normalized spacial score (nSPS) is 12.0. The molecule has 1 aromatic carbocycles. The Labute approximate surface area is 138 Å². The number of rotatable bonds is 6. The molecular formula is C16H25ClN2O3. The van der Waals surface area contributed by atoms with E-state index in [9.17, 15) is 9.59 Å². The Bertz CT molecular complexity index is 512. The lowest BCUT2D eigenvalue weighted by molar-refractivity contribution is -0.145. The monoisotopic (exact) mass is 328 g/mol. The maximum atomic E-state index is 11.9. The van der Waals surface area contributed by atoms with Crippen molar-refractivity contribution in [1.82, 2.24) is 5.32 Å². The van der Waals surface area contributed by atoms with Crippen LogP contribution < -0.4 is 11.1 Å². The molecule has 0 aliphatic heterocycles. The highest BCUT2D eigenvalue weighted by atomic mass is 35.5. The number of ether oxygens (including phenoxy) is 1. The summed E-state index contributed by atoms with van der Waals surface area (Å²) in [6, 6.07) is 7.91. The van der Waals surface area contributed by atoms with Gasteiger partial charge in [0.25, 0.3) is 0 Å². The molecule has 0 bridgehead atoms. The number of halogens is 1. The maximum absolute atomic E-state index is 11.9. The molecule has 5 nitrogen and oxygen atoms in total. The summed E-state index contributed by atoms with van der Waals surface area (Å²) in [5.74, 6) is -1.06. The Kier molecular flexibility index (Phi) is 8.12. The van der Waals surface area contributed by atoms with Gasteiger partial charge in [-0.2, -0.15) is 0 Å². The lowest BCUT2D eigenvalue weighted by Gasteiger charge is -2.21. The molecule has 1 atom stereocenters. The van der Waals surface area contributed by atoms with Crippen LogP contribution in [0.1, 0.15) is 25.0 Å². The van der Waals surface area contributed by atoms with Crippen LogP contribution in [0, 0.1) is 12.8 Å². The number of carbonyl (C=O) groups excluding carboxylic acids is 2. The summed E-state index contributed by atoms with van der Waals surface area (Å²) in [7, 11) is 1.35.